The van der Waals surface area contributed by atoms with Crippen LogP contribution < -0.4 is 10.6 Å². The summed E-state index contributed by atoms with van der Waals surface area (Å²) in [6, 6.07) is 13.9. The summed E-state index contributed by atoms with van der Waals surface area (Å²) in [5.74, 6) is -0.108. The van der Waals surface area contributed by atoms with Crippen molar-refractivity contribution in [2.24, 2.45) is 5.92 Å². The molecule has 0 bridgehead atoms. The Morgan fingerprint density at radius 1 is 0.917 bits per heavy atom. The van der Waals surface area contributed by atoms with E-state index in [9.17, 15) is 9.59 Å². The van der Waals surface area contributed by atoms with E-state index in [0.717, 1.165) is 25.7 Å². The van der Waals surface area contributed by atoms with Crippen molar-refractivity contribution in [3.8, 4) is 0 Å². The van der Waals surface area contributed by atoms with Crippen LogP contribution in [0.25, 0.3) is 0 Å². The number of nitrogens with one attached hydrogen (secondary N) is 2. The van der Waals surface area contributed by atoms with Crippen LogP contribution in [0, 0.1) is 5.92 Å². The number of carbonyl (C=O) groups is 2. The standard InChI is InChI=1S/C19H19ClN2O2/c20-15-8-4-10-17(12-15)22-19(24)14-7-3-9-16(11-14)21-18(23)13-5-1-2-6-13/h3-4,7-13H,1-2,5-6H2,(H,21,23)(H,22,24). The highest BCUT2D eigenvalue weighted by molar-refractivity contribution is 6.31. The lowest BCUT2D eigenvalue weighted by Crippen LogP contribution is -2.20. The molecule has 1 aliphatic carbocycles. The third-order valence-electron chi connectivity index (χ3n) is 4.20. The fraction of sp³-hybridized carbons (Fsp3) is 0.263. The maximum Gasteiger partial charge on any atom is 0.255 e. The maximum atomic E-state index is 12.4. The molecule has 0 atom stereocenters. The Balaban J connectivity index is 1.67. The highest BCUT2D eigenvalue weighted by atomic mass is 35.5. The van der Waals surface area contributed by atoms with E-state index in [4.69, 9.17) is 11.6 Å². The van der Waals surface area contributed by atoms with E-state index in [2.05, 4.69) is 10.6 Å². The normalized spacial score (nSPS) is 14.4. The van der Waals surface area contributed by atoms with E-state index < -0.39 is 0 Å². The first-order chi connectivity index (χ1) is 11.6. The van der Waals surface area contributed by atoms with Gasteiger partial charge in [-0.25, -0.2) is 0 Å². The van der Waals surface area contributed by atoms with Crippen LogP contribution in [0.4, 0.5) is 11.4 Å². The van der Waals surface area contributed by atoms with Gasteiger partial charge in [-0.15, -0.1) is 0 Å². The van der Waals surface area contributed by atoms with E-state index in [1.54, 1.807) is 48.5 Å². The molecule has 0 heterocycles. The van der Waals surface area contributed by atoms with Gasteiger partial charge in [0, 0.05) is 27.9 Å². The van der Waals surface area contributed by atoms with Gasteiger partial charge in [-0.1, -0.05) is 36.6 Å². The van der Waals surface area contributed by atoms with Gasteiger partial charge < -0.3 is 10.6 Å². The molecule has 1 saturated carbocycles. The second kappa shape index (κ2) is 7.49. The van der Waals surface area contributed by atoms with Gasteiger partial charge in [0.25, 0.3) is 5.91 Å². The summed E-state index contributed by atoms with van der Waals surface area (Å²) < 4.78 is 0. The largest absolute Gasteiger partial charge is 0.326 e. The lowest BCUT2D eigenvalue weighted by molar-refractivity contribution is -0.119. The second-order valence-corrected chi connectivity index (χ2v) is 6.45. The van der Waals surface area contributed by atoms with Crippen molar-refractivity contribution >= 4 is 34.8 Å². The Labute approximate surface area is 146 Å². The Bertz CT molecular complexity index is 755. The van der Waals surface area contributed by atoms with E-state index in [1.165, 1.54) is 0 Å². The molecule has 0 aromatic heterocycles. The molecule has 0 aliphatic heterocycles. The van der Waals surface area contributed by atoms with Crippen molar-refractivity contribution in [3.05, 3.63) is 59.1 Å². The van der Waals surface area contributed by atoms with Crippen molar-refractivity contribution in [2.45, 2.75) is 25.7 Å². The number of hydrogen-bond donors (Lipinski definition) is 2. The lowest BCUT2D eigenvalue weighted by atomic mass is 10.1. The van der Waals surface area contributed by atoms with Crippen LogP contribution >= 0.6 is 11.6 Å². The number of anilines is 2. The van der Waals surface area contributed by atoms with Crippen LogP contribution in [0.5, 0.6) is 0 Å². The number of benzene rings is 2. The first-order valence-corrected chi connectivity index (χ1v) is 8.47. The van der Waals surface area contributed by atoms with Crippen molar-refractivity contribution in [2.75, 3.05) is 10.6 Å². The highest BCUT2D eigenvalue weighted by Crippen LogP contribution is 2.26. The van der Waals surface area contributed by atoms with Crippen molar-refractivity contribution in [1.82, 2.24) is 0 Å². The molecule has 2 aromatic rings. The predicted octanol–water partition coefficient (Wildman–Crippen LogP) is 4.72. The van der Waals surface area contributed by atoms with Crippen LogP contribution in [-0.2, 0) is 4.79 Å². The number of carbonyl (C=O) groups excluding carboxylic acids is 2. The quantitative estimate of drug-likeness (QED) is 0.844. The lowest BCUT2D eigenvalue weighted by Gasteiger charge is -2.11. The molecule has 24 heavy (non-hydrogen) atoms. The molecule has 0 unspecified atom stereocenters. The zero-order chi connectivity index (χ0) is 16.9. The Kier molecular flexibility index (Phi) is 5.16. The van der Waals surface area contributed by atoms with Crippen LogP contribution in [0.2, 0.25) is 5.02 Å². The zero-order valence-electron chi connectivity index (χ0n) is 13.2. The first kappa shape index (κ1) is 16.5. The van der Waals surface area contributed by atoms with E-state index in [-0.39, 0.29) is 17.7 Å². The number of amides is 2. The Morgan fingerprint density at radius 3 is 2.29 bits per heavy atom. The maximum absolute atomic E-state index is 12.4. The van der Waals surface area contributed by atoms with E-state index in [0.29, 0.717) is 22.0 Å². The molecular formula is C19H19ClN2O2. The molecular weight excluding hydrogens is 324 g/mol. The average molecular weight is 343 g/mol. The van der Waals surface area contributed by atoms with E-state index >= 15 is 0 Å². The van der Waals surface area contributed by atoms with Crippen LogP contribution in [-0.4, -0.2) is 11.8 Å². The molecule has 3 rings (SSSR count). The summed E-state index contributed by atoms with van der Waals surface area (Å²) in [4.78, 5) is 24.6. The van der Waals surface area contributed by atoms with Crippen LogP contribution in [0.15, 0.2) is 48.5 Å². The minimum atomic E-state index is -0.241. The van der Waals surface area contributed by atoms with Gasteiger partial charge in [0.05, 0.1) is 0 Å². The smallest absolute Gasteiger partial charge is 0.255 e. The molecule has 5 heteroatoms. The molecule has 0 spiro atoms. The fourth-order valence-electron chi connectivity index (χ4n) is 2.94. The number of halogens is 1. The summed E-state index contributed by atoms with van der Waals surface area (Å²) in [6.45, 7) is 0. The summed E-state index contributed by atoms with van der Waals surface area (Å²) in [7, 11) is 0. The third kappa shape index (κ3) is 4.15. The van der Waals surface area contributed by atoms with Gasteiger partial charge in [0.15, 0.2) is 0 Å². The molecule has 2 N–H and O–H groups in total. The monoisotopic (exact) mass is 342 g/mol. The minimum absolute atomic E-state index is 0.0416. The zero-order valence-corrected chi connectivity index (χ0v) is 14.0. The van der Waals surface area contributed by atoms with Crippen molar-refractivity contribution in [3.63, 3.8) is 0 Å². The van der Waals surface area contributed by atoms with Gasteiger partial charge in [-0.3, -0.25) is 9.59 Å². The van der Waals surface area contributed by atoms with Gasteiger partial charge >= 0.3 is 0 Å². The third-order valence-corrected chi connectivity index (χ3v) is 4.44. The van der Waals surface area contributed by atoms with Gasteiger partial charge in [-0.2, -0.15) is 0 Å². The molecule has 0 saturated heterocycles. The van der Waals surface area contributed by atoms with Gasteiger partial charge in [-0.05, 0) is 49.2 Å². The Hall–Kier alpha value is -2.33. The summed E-state index contributed by atoms with van der Waals surface area (Å²) in [5.41, 5.74) is 1.76. The van der Waals surface area contributed by atoms with Crippen molar-refractivity contribution < 1.29 is 9.59 Å². The predicted molar refractivity (Wildman–Crippen MR) is 96.4 cm³/mol. The van der Waals surface area contributed by atoms with Crippen LogP contribution in [0.3, 0.4) is 0 Å². The molecule has 0 radical (unpaired) electrons. The van der Waals surface area contributed by atoms with E-state index in [1.807, 2.05) is 0 Å². The first-order valence-electron chi connectivity index (χ1n) is 8.10. The molecule has 1 fully saturated rings. The van der Waals surface area contributed by atoms with Crippen LogP contribution in [0.1, 0.15) is 36.0 Å². The Morgan fingerprint density at radius 2 is 1.58 bits per heavy atom. The highest BCUT2D eigenvalue weighted by Gasteiger charge is 2.22. The fourth-order valence-corrected chi connectivity index (χ4v) is 3.13. The van der Waals surface area contributed by atoms with Gasteiger partial charge in [0.2, 0.25) is 5.91 Å². The molecule has 1 aliphatic rings. The molecule has 2 aromatic carbocycles. The average Bonchev–Trinajstić information content (AvgIpc) is 3.10. The number of rotatable bonds is 4. The molecule has 124 valence electrons. The summed E-state index contributed by atoms with van der Waals surface area (Å²) >= 11 is 5.92. The minimum Gasteiger partial charge on any atom is -0.326 e. The summed E-state index contributed by atoms with van der Waals surface area (Å²) in [6.07, 6.45) is 4.11. The topological polar surface area (TPSA) is 58.2 Å². The SMILES string of the molecule is O=C(Nc1cccc(Cl)c1)c1cccc(NC(=O)C2CCCC2)c1. The summed E-state index contributed by atoms with van der Waals surface area (Å²) in [5, 5.41) is 6.27. The van der Waals surface area contributed by atoms with Crippen molar-refractivity contribution in [1.29, 1.82) is 0 Å². The van der Waals surface area contributed by atoms with Gasteiger partial charge in [0.1, 0.15) is 0 Å². The second-order valence-electron chi connectivity index (χ2n) is 6.02. The number of hydrogen-bond acceptors (Lipinski definition) is 2. The molecule has 2 amide bonds. The molecule has 4 nitrogen and oxygen atoms in total.